The Labute approximate surface area is 133 Å². The number of ether oxygens (including phenoxy) is 2. The Morgan fingerprint density at radius 2 is 2.13 bits per heavy atom. The Hall–Kier alpha value is -1.93. The third-order valence-corrected chi connectivity index (χ3v) is 3.65. The summed E-state index contributed by atoms with van der Waals surface area (Å²) in [5, 5.41) is 10.0. The standard InChI is InChI=1S/C15H22N2O6/c1-8-6-17(14(21)16-12(8)19)11-5-9(18)10(23-11)7-22-13(20)15(2,3)4/h6,9-11,18H,5,7H2,1-4H3,(H,16,19,21)/t9?,10-,11-/m1/s1. The van der Waals surface area contributed by atoms with Crippen molar-refractivity contribution >= 4 is 5.97 Å². The van der Waals surface area contributed by atoms with Crippen molar-refractivity contribution in [3.8, 4) is 0 Å². The zero-order valence-electron chi connectivity index (χ0n) is 13.7. The highest BCUT2D eigenvalue weighted by Gasteiger charge is 2.37. The summed E-state index contributed by atoms with van der Waals surface area (Å²) in [5.41, 5.74) is -1.34. The fourth-order valence-corrected chi connectivity index (χ4v) is 2.21. The fourth-order valence-electron chi connectivity index (χ4n) is 2.21. The molecule has 0 amide bonds. The van der Waals surface area contributed by atoms with Crippen LogP contribution in [0.2, 0.25) is 0 Å². The molecule has 2 heterocycles. The molecule has 23 heavy (non-hydrogen) atoms. The summed E-state index contributed by atoms with van der Waals surface area (Å²) in [6.45, 7) is 6.67. The van der Waals surface area contributed by atoms with E-state index in [4.69, 9.17) is 9.47 Å². The minimum absolute atomic E-state index is 0.0924. The Balaban J connectivity index is 2.07. The summed E-state index contributed by atoms with van der Waals surface area (Å²) in [7, 11) is 0. The summed E-state index contributed by atoms with van der Waals surface area (Å²) >= 11 is 0. The van der Waals surface area contributed by atoms with E-state index in [1.807, 2.05) is 0 Å². The number of H-pyrrole nitrogens is 1. The molecule has 0 aliphatic carbocycles. The minimum atomic E-state index is -0.869. The molecule has 8 nitrogen and oxygen atoms in total. The van der Waals surface area contributed by atoms with Crippen LogP contribution in [0, 0.1) is 12.3 Å². The number of aromatic amines is 1. The molecule has 1 aromatic rings. The van der Waals surface area contributed by atoms with Crippen LogP contribution < -0.4 is 11.2 Å². The van der Waals surface area contributed by atoms with E-state index in [-0.39, 0.29) is 13.0 Å². The van der Waals surface area contributed by atoms with E-state index in [1.54, 1.807) is 27.7 Å². The van der Waals surface area contributed by atoms with E-state index < -0.39 is 41.1 Å². The van der Waals surface area contributed by atoms with Crippen LogP contribution in [0.4, 0.5) is 0 Å². The predicted octanol–water partition coefficient (Wildman–Crippen LogP) is 0.0827. The smallest absolute Gasteiger partial charge is 0.330 e. The first-order valence-corrected chi connectivity index (χ1v) is 7.42. The number of carbonyl (C=O) groups is 1. The van der Waals surface area contributed by atoms with Gasteiger partial charge in [0.1, 0.15) is 18.9 Å². The highest BCUT2D eigenvalue weighted by atomic mass is 16.6. The zero-order chi connectivity index (χ0) is 17.4. The summed E-state index contributed by atoms with van der Waals surface area (Å²) in [5.74, 6) is -0.395. The lowest BCUT2D eigenvalue weighted by atomic mass is 9.97. The van der Waals surface area contributed by atoms with Gasteiger partial charge in [0.15, 0.2) is 0 Å². The number of nitrogens with one attached hydrogen (secondary N) is 1. The molecule has 0 spiro atoms. The Kier molecular flexibility index (Phi) is 4.76. The first-order chi connectivity index (χ1) is 10.6. The van der Waals surface area contributed by atoms with Gasteiger partial charge in [-0.1, -0.05) is 0 Å². The van der Waals surface area contributed by atoms with Gasteiger partial charge in [-0.25, -0.2) is 4.79 Å². The molecule has 0 aromatic carbocycles. The van der Waals surface area contributed by atoms with Gasteiger partial charge in [-0.3, -0.25) is 19.1 Å². The van der Waals surface area contributed by atoms with Gasteiger partial charge in [-0.2, -0.15) is 0 Å². The monoisotopic (exact) mass is 326 g/mol. The highest BCUT2D eigenvalue weighted by molar-refractivity contribution is 5.75. The summed E-state index contributed by atoms with van der Waals surface area (Å²) in [4.78, 5) is 37.2. The average molecular weight is 326 g/mol. The quantitative estimate of drug-likeness (QED) is 0.761. The highest BCUT2D eigenvalue weighted by Crippen LogP contribution is 2.28. The van der Waals surface area contributed by atoms with Crippen LogP contribution >= 0.6 is 0 Å². The normalized spacial score (nSPS) is 24.7. The van der Waals surface area contributed by atoms with Crippen LogP contribution in [0.5, 0.6) is 0 Å². The first kappa shape index (κ1) is 17.4. The van der Waals surface area contributed by atoms with E-state index in [0.717, 1.165) is 0 Å². The van der Waals surface area contributed by atoms with E-state index in [0.29, 0.717) is 5.56 Å². The lowest BCUT2D eigenvalue weighted by Gasteiger charge is -2.20. The number of aromatic nitrogens is 2. The van der Waals surface area contributed by atoms with Crippen molar-refractivity contribution in [2.24, 2.45) is 5.41 Å². The van der Waals surface area contributed by atoms with E-state index in [2.05, 4.69) is 4.98 Å². The van der Waals surface area contributed by atoms with E-state index >= 15 is 0 Å². The van der Waals surface area contributed by atoms with Gasteiger partial charge in [-0.05, 0) is 27.7 Å². The summed E-state index contributed by atoms with van der Waals surface area (Å²) < 4.78 is 12.0. The lowest BCUT2D eigenvalue weighted by molar-refractivity contribution is -0.159. The van der Waals surface area contributed by atoms with Gasteiger partial charge in [0.05, 0.1) is 11.5 Å². The molecule has 1 aliphatic heterocycles. The molecule has 1 saturated heterocycles. The second kappa shape index (κ2) is 6.29. The van der Waals surface area contributed by atoms with Gasteiger partial charge in [0, 0.05) is 18.2 Å². The number of carbonyl (C=O) groups excluding carboxylic acids is 1. The maximum atomic E-state index is 11.9. The summed E-state index contributed by atoms with van der Waals surface area (Å²) in [6.07, 6.45) is -0.741. The van der Waals surface area contributed by atoms with Crippen molar-refractivity contribution in [3.05, 3.63) is 32.6 Å². The van der Waals surface area contributed by atoms with Gasteiger partial charge >= 0.3 is 11.7 Å². The van der Waals surface area contributed by atoms with E-state index in [1.165, 1.54) is 10.8 Å². The molecule has 1 aliphatic rings. The maximum Gasteiger partial charge on any atom is 0.330 e. The molecule has 0 bridgehead atoms. The summed E-state index contributed by atoms with van der Waals surface area (Å²) in [6, 6.07) is 0. The second-order valence-electron chi connectivity index (χ2n) is 6.76. The Morgan fingerprint density at radius 1 is 1.48 bits per heavy atom. The lowest BCUT2D eigenvalue weighted by Crippen LogP contribution is -2.34. The molecule has 2 N–H and O–H groups in total. The van der Waals surface area contributed by atoms with Crippen molar-refractivity contribution in [1.29, 1.82) is 0 Å². The first-order valence-electron chi connectivity index (χ1n) is 7.42. The number of aliphatic hydroxyl groups excluding tert-OH is 1. The number of hydrogen-bond donors (Lipinski definition) is 2. The number of aryl methyl sites for hydroxylation is 1. The molecule has 2 rings (SSSR count). The largest absolute Gasteiger partial charge is 0.462 e. The molecule has 1 unspecified atom stereocenters. The Morgan fingerprint density at radius 3 is 2.74 bits per heavy atom. The predicted molar refractivity (Wildman–Crippen MR) is 81.0 cm³/mol. The van der Waals surface area contributed by atoms with Crippen LogP contribution in [0.3, 0.4) is 0 Å². The number of aliphatic hydroxyl groups is 1. The van der Waals surface area contributed by atoms with Crippen LogP contribution in [-0.4, -0.2) is 39.4 Å². The Bertz CT molecular complexity index is 699. The molecule has 1 aromatic heterocycles. The van der Waals surface area contributed by atoms with Crippen molar-refractivity contribution in [2.45, 2.75) is 52.6 Å². The van der Waals surface area contributed by atoms with Crippen LogP contribution in [0.1, 0.15) is 39.0 Å². The molecule has 128 valence electrons. The van der Waals surface area contributed by atoms with Crippen LogP contribution in [0.25, 0.3) is 0 Å². The maximum absolute atomic E-state index is 11.9. The third kappa shape index (κ3) is 3.89. The van der Waals surface area contributed by atoms with Crippen molar-refractivity contribution in [1.82, 2.24) is 9.55 Å². The van der Waals surface area contributed by atoms with Crippen molar-refractivity contribution in [2.75, 3.05) is 6.61 Å². The van der Waals surface area contributed by atoms with Gasteiger partial charge in [-0.15, -0.1) is 0 Å². The van der Waals surface area contributed by atoms with Gasteiger partial charge < -0.3 is 14.6 Å². The van der Waals surface area contributed by atoms with Crippen LogP contribution in [0.15, 0.2) is 15.8 Å². The molecule has 3 atom stereocenters. The molecule has 1 fully saturated rings. The van der Waals surface area contributed by atoms with Crippen molar-refractivity contribution < 1.29 is 19.4 Å². The molecule has 8 heteroatoms. The molecular formula is C15H22N2O6. The molecular weight excluding hydrogens is 304 g/mol. The number of nitrogens with zero attached hydrogens (tertiary/aromatic N) is 1. The zero-order valence-corrected chi connectivity index (χ0v) is 13.7. The third-order valence-electron chi connectivity index (χ3n) is 3.65. The van der Waals surface area contributed by atoms with Crippen molar-refractivity contribution in [3.63, 3.8) is 0 Å². The topological polar surface area (TPSA) is 111 Å². The molecule has 0 saturated carbocycles. The van der Waals surface area contributed by atoms with Gasteiger partial charge in [0.2, 0.25) is 0 Å². The SMILES string of the molecule is Cc1cn([C@H]2CC(O)[C@@H](COC(=O)C(C)(C)C)O2)c(=O)[nH]c1=O. The minimum Gasteiger partial charge on any atom is -0.462 e. The van der Waals surface area contributed by atoms with Gasteiger partial charge in [0.25, 0.3) is 5.56 Å². The number of hydrogen-bond acceptors (Lipinski definition) is 6. The number of esters is 1. The molecule has 0 radical (unpaired) electrons. The number of rotatable bonds is 3. The fraction of sp³-hybridized carbons (Fsp3) is 0.667. The average Bonchev–Trinajstić information content (AvgIpc) is 2.80. The second-order valence-corrected chi connectivity index (χ2v) is 6.76. The van der Waals surface area contributed by atoms with E-state index in [9.17, 15) is 19.5 Å². The van der Waals surface area contributed by atoms with Crippen LogP contribution in [-0.2, 0) is 14.3 Å².